The highest BCUT2D eigenvalue weighted by Crippen LogP contribution is 2.20. The van der Waals surface area contributed by atoms with Gasteiger partial charge in [0.2, 0.25) is 0 Å². The Morgan fingerprint density at radius 3 is 2.65 bits per heavy atom. The van der Waals surface area contributed by atoms with Crippen LogP contribution >= 0.6 is 0 Å². The molecule has 0 unspecified atom stereocenters. The fraction of sp³-hybridized carbons (Fsp3) is 0.455. The molecule has 1 saturated heterocycles. The molecule has 0 amide bonds. The van der Waals surface area contributed by atoms with Crippen molar-refractivity contribution in [3.05, 3.63) is 24.3 Å². The first-order valence-corrected chi connectivity index (χ1v) is 6.98. The third-order valence-corrected chi connectivity index (χ3v) is 4.26. The summed E-state index contributed by atoms with van der Waals surface area (Å²) >= 11 is 0. The minimum absolute atomic E-state index is 0.524. The number of rotatable bonds is 4. The Balaban J connectivity index is 2.13. The summed E-state index contributed by atoms with van der Waals surface area (Å²) in [6.45, 7) is 1.19. The zero-order chi connectivity index (χ0) is 12.3. The molecule has 1 heterocycles. The fourth-order valence-electron chi connectivity index (χ4n) is 1.83. The van der Waals surface area contributed by atoms with Crippen LogP contribution in [0.25, 0.3) is 0 Å². The molecule has 0 atom stereocenters. The van der Waals surface area contributed by atoms with E-state index in [1.807, 2.05) is 0 Å². The van der Waals surface area contributed by atoms with Crippen molar-refractivity contribution in [2.75, 3.05) is 24.9 Å². The van der Waals surface area contributed by atoms with Crippen LogP contribution in [0.5, 0.6) is 5.75 Å². The van der Waals surface area contributed by atoms with Crippen LogP contribution in [0.15, 0.2) is 24.3 Å². The van der Waals surface area contributed by atoms with Crippen molar-refractivity contribution in [2.45, 2.75) is 12.8 Å². The first-order valence-electron chi connectivity index (χ1n) is 5.54. The van der Waals surface area contributed by atoms with Crippen molar-refractivity contribution in [1.82, 2.24) is 4.31 Å². The van der Waals surface area contributed by atoms with Crippen LogP contribution in [-0.4, -0.2) is 32.9 Å². The molecule has 2 rings (SSSR count). The second-order valence-corrected chi connectivity index (χ2v) is 5.62. The zero-order valence-electron chi connectivity index (χ0n) is 9.72. The lowest BCUT2D eigenvalue weighted by Crippen LogP contribution is -2.33. The molecule has 0 aromatic heterocycles. The summed E-state index contributed by atoms with van der Waals surface area (Å²) < 4.78 is 33.0. The Morgan fingerprint density at radius 1 is 1.29 bits per heavy atom. The average Bonchev–Trinajstić information content (AvgIpc) is 2.83. The van der Waals surface area contributed by atoms with Crippen molar-refractivity contribution in [2.24, 2.45) is 0 Å². The number of nitrogens with zero attached hydrogens (tertiary/aromatic N) is 1. The lowest BCUT2D eigenvalue weighted by molar-refractivity contribution is 0.415. The highest BCUT2D eigenvalue weighted by atomic mass is 32.2. The standard InChI is InChI=1S/C11H16N2O3S/c1-16-11-6-4-5-10(9-11)12-17(14,15)13-7-2-3-8-13/h4-6,9,12H,2-3,7-8H2,1H3. The van der Waals surface area contributed by atoms with Crippen LogP contribution in [0.2, 0.25) is 0 Å². The van der Waals surface area contributed by atoms with Gasteiger partial charge in [-0.25, -0.2) is 0 Å². The Labute approximate surface area is 102 Å². The summed E-state index contributed by atoms with van der Waals surface area (Å²) in [5.41, 5.74) is 0.524. The van der Waals surface area contributed by atoms with Gasteiger partial charge in [-0.05, 0) is 25.0 Å². The summed E-state index contributed by atoms with van der Waals surface area (Å²) in [5.74, 6) is 0.631. The summed E-state index contributed by atoms with van der Waals surface area (Å²) in [4.78, 5) is 0. The second kappa shape index (κ2) is 4.93. The van der Waals surface area contributed by atoms with Gasteiger partial charge in [0.05, 0.1) is 12.8 Å². The van der Waals surface area contributed by atoms with Crippen LogP contribution in [0, 0.1) is 0 Å². The molecule has 6 heteroatoms. The molecule has 94 valence electrons. The van der Waals surface area contributed by atoms with Crippen molar-refractivity contribution in [3.63, 3.8) is 0 Å². The number of methoxy groups -OCH3 is 1. The number of nitrogens with one attached hydrogen (secondary N) is 1. The predicted octanol–water partition coefficient (Wildman–Crippen LogP) is 1.45. The van der Waals surface area contributed by atoms with Crippen molar-refractivity contribution >= 4 is 15.9 Å². The van der Waals surface area contributed by atoms with E-state index in [4.69, 9.17) is 4.74 Å². The maximum Gasteiger partial charge on any atom is 0.301 e. The van der Waals surface area contributed by atoms with E-state index >= 15 is 0 Å². The molecule has 1 N–H and O–H groups in total. The largest absolute Gasteiger partial charge is 0.497 e. The van der Waals surface area contributed by atoms with Gasteiger partial charge in [-0.2, -0.15) is 12.7 Å². The maximum atomic E-state index is 12.0. The lowest BCUT2D eigenvalue weighted by Gasteiger charge is -2.17. The molecule has 1 aliphatic heterocycles. The number of ether oxygens (including phenoxy) is 1. The second-order valence-electron chi connectivity index (χ2n) is 3.95. The minimum Gasteiger partial charge on any atom is -0.497 e. The van der Waals surface area contributed by atoms with Crippen LogP contribution in [0.4, 0.5) is 5.69 Å². The Hall–Kier alpha value is -1.27. The maximum absolute atomic E-state index is 12.0. The fourth-order valence-corrected chi connectivity index (χ4v) is 3.12. The van der Waals surface area contributed by atoms with E-state index in [9.17, 15) is 8.42 Å². The quantitative estimate of drug-likeness (QED) is 0.887. The number of hydrogen-bond donors (Lipinski definition) is 1. The van der Waals surface area contributed by atoms with Crippen LogP contribution in [0.3, 0.4) is 0 Å². The van der Waals surface area contributed by atoms with Gasteiger partial charge in [-0.1, -0.05) is 6.07 Å². The number of anilines is 1. The van der Waals surface area contributed by atoms with E-state index in [1.165, 1.54) is 4.31 Å². The van der Waals surface area contributed by atoms with Gasteiger partial charge in [0.1, 0.15) is 5.75 Å². The summed E-state index contributed by atoms with van der Waals surface area (Å²) in [7, 11) is -1.86. The molecule has 1 aliphatic rings. The highest BCUT2D eigenvalue weighted by molar-refractivity contribution is 7.90. The third-order valence-electron chi connectivity index (χ3n) is 2.72. The SMILES string of the molecule is COc1cccc(NS(=O)(=O)N2CCCC2)c1. The topological polar surface area (TPSA) is 58.6 Å². The van der Waals surface area contributed by atoms with Crippen molar-refractivity contribution < 1.29 is 13.2 Å². The molecule has 0 radical (unpaired) electrons. The molecular weight excluding hydrogens is 240 g/mol. The smallest absolute Gasteiger partial charge is 0.301 e. The van der Waals surface area contributed by atoms with E-state index in [0.717, 1.165) is 12.8 Å². The van der Waals surface area contributed by atoms with E-state index in [1.54, 1.807) is 31.4 Å². The molecule has 1 aromatic carbocycles. The lowest BCUT2D eigenvalue weighted by atomic mass is 10.3. The number of hydrogen-bond acceptors (Lipinski definition) is 3. The molecule has 0 aliphatic carbocycles. The van der Waals surface area contributed by atoms with Gasteiger partial charge < -0.3 is 4.74 Å². The van der Waals surface area contributed by atoms with Gasteiger partial charge in [-0.15, -0.1) is 0 Å². The minimum atomic E-state index is -3.41. The van der Waals surface area contributed by atoms with E-state index < -0.39 is 10.2 Å². The third kappa shape index (κ3) is 2.89. The van der Waals surface area contributed by atoms with Gasteiger partial charge in [0.15, 0.2) is 0 Å². The summed E-state index contributed by atoms with van der Waals surface area (Å²) in [6.07, 6.45) is 1.86. The van der Waals surface area contributed by atoms with Gasteiger partial charge >= 0.3 is 10.2 Å². The molecule has 17 heavy (non-hydrogen) atoms. The molecule has 0 spiro atoms. The summed E-state index contributed by atoms with van der Waals surface area (Å²) in [6, 6.07) is 6.89. The first kappa shape index (κ1) is 12.2. The van der Waals surface area contributed by atoms with E-state index in [0.29, 0.717) is 24.5 Å². The Morgan fingerprint density at radius 2 is 2.00 bits per heavy atom. The number of benzene rings is 1. The Kier molecular flexibility index (Phi) is 3.54. The first-order chi connectivity index (χ1) is 8.12. The van der Waals surface area contributed by atoms with Crippen molar-refractivity contribution in [3.8, 4) is 5.75 Å². The van der Waals surface area contributed by atoms with Crippen LogP contribution in [0.1, 0.15) is 12.8 Å². The van der Waals surface area contributed by atoms with Gasteiger partial charge in [0.25, 0.3) is 0 Å². The molecule has 1 fully saturated rings. The predicted molar refractivity (Wildman–Crippen MR) is 66.3 cm³/mol. The molecule has 0 bridgehead atoms. The average molecular weight is 256 g/mol. The van der Waals surface area contributed by atoms with Gasteiger partial charge in [-0.3, -0.25) is 4.72 Å². The molecule has 1 aromatic rings. The summed E-state index contributed by atoms with van der Waals surface area (Å²) in [5, 5.41) is 0. The van der Waals surface area contributed by atoms with E-state index in [-0.39, 0.29) is 0 Å². The molecule has 5 nitrogen and oxygen atoms in total. The van der Waals surface area contributed by atoms with Crippen LogP contribution in [-0.2, 0) is 10.2 Å². The Bertz CT molecular complexity index is 481. The zero-order valence-corrected chi connectivity index (χ0v) is 10.5. The molecule has 0 saturated carbocycles. The monoisotopic (exact) mass is 256 g/mol. The van der Waals surface area contributed by atoms with Crippen molar-refractivity contribution in [1.29, 1.82) is 0 Å². The van der Waals surface area contributed by atoms with Gasteiger partial charge in [0, 0.05) is 19.2 Å². The molecular formula is C11H16N2O3S. The highest BCUT2D eigenvalue weighted by Gasteiger charge is 2.24. The normalized spacial score (nSPS) is 17.0. The van der Waals surface area contributed by atoms with Crippen LogP contribution < -0.4 is 9.46 Å². The van der Waals surface area contributed by atoms with E-state index in [2.05, 4.69) is 4.72 Å².